The minimum Gasteiger partial charge on any atom is -0.508 e. The Labute approximate surface area is 104 Å². The van der Waals surface area contributed by atoms with Crippen LogP contribution in [0.2, 0.25) is 0 Å². The zero-order valence-electron chi connectivity index (χ0n) is 10.00. The van der Waals surface area contributed by atoms with Crippen LogP contribution in [0.15, 0.2) is 30.6 Å². The summed E-state index contributed by atoms with van der Waals surface area (Å²) in [7, 11) is 1.82. The molecule has 0 aliphatic heterocycles. The normalized spacial score (nSPS) is 10.3. The second kappa shape index (κ2) is 5.31. The number of carbonyl (C=O) groups is 1. The molecule has 0 fully saturated rings. The SMILES string of the molecule is Cn1cnnc1CNC(=O)Cc1cccc(O)c1. The van der Waals surface area contributed by atoms with Crippen molar-refractivity contribution in [2.24, 2.45) is 7.05 Å². The van der Waals surface area contributed by atoms with E-state index in [2.05, 4.69) is 15.5 Å². The highest BCUT2D eigenvalue weighted by molar-refractivity contribution is 5.78. The summed E-state index contributed by atoms with van der Waals surface area (Å²) >= 11 is 0. The van der Waals surface area contributed by atoms with Gasteiger partial charge in [0.2, 0.25) is 5.91 Å². The fourth-order valence-electron chi connectivity index (χ4n) is 1.56. The molecule has 1 aromatic heterocycles. The number of amides is 1. The Balaban J connectivity index is 1.88. The molecule has 18 heavy (non-hydrogen) atoms. The highest BCUT2D eigenvalue weighted by atomic mass is 16.3. The molecule has 1 aromatic carbocycles. The molecule has 2 rings (SSSR count). The van der Waals surface area contributed by atoms with E-state index in [-0.39, 0.29) is 18.1 Å². The topological polar surface area (TPSA) is 80.0 Å². The third kappa shape index (κ3) is 3.07. The lowest BCUT2D eigenvalue weighted by Crippen LogP contribution is -2.25. The molecule has 6 heteroatoms. The van der Waals surface area contributed by atoms with E-state index in [1.54, 1.807) is 35.2 Å². The number of phenolic OH excluding ortho intramolecular Hbond substituents is 1. The molecule has 6 nitrogen and oxygen atoms in total. The van der Waals surface area contributed by atoms with Crippen LogP contribution in [0.4, 0.5) is 0 Å². The molecule has 0 radical (unpaired) electrons. The molecule has 0 saturated carbocycles. The number of hydrogen-bond acceptors (Lipinski definition) is 4. The van der Waals surface area contributed by atoms with E-state index in [1.807, 2.05) is 7.05 Å². The quantitative estimate of drug-likeness (QED) is 0.817. The summed E-state index contributed by atoms with van der Waals surface area (Å²) < 4.78 is 1.74. The predicted molar refractivity (Wildman–Crippen MR) is 64.7 cm³/mol. The average Bonchev–Trinajstić information content (AvgIpc) is 2.72. The zero-order valence-corrected chi connectivity index (χ0v) is 10.00. The van der Waals surface area contributed by atoms with Crippen LogP contribution in [0.5, 0.6) is 5.75 Å². The Kier molecular flexibility index (Phi) is 3.57. The van der Waals surface area contributed by atoms with Gasteiger partial charge in [-0.15, -0.1) is 10.2 Å². The maximum atomic E-state index is 11.7. The maximum Gasteiger partial charge on any atom is 0.224 e. The Bertz CT molecular complexity index is 551. The first-order chi connectivity index (χ1) is 8.65. The van der Waals surface area contributed by atoms with Crippen LogP contribution in [0.3, 0.4) is 0 Å². The molecule has 0 unspecified atom stereocenters. The highest BCUT2D eigenvalue weighted by Crippen LogP contribution is 2.11. The van der Waals surface area contributed by atoms with Crippen molar-refractivity contribution in [3.05, 3.63) is 42.0 Å². The van der Waals surface area contributed by atoms with Crippen molar-refractivity contribution in [3.63, 3.8) is 0 Å². The average molecular weight is 246 g/mol. The van der Waals surface area contributed by atoms with Gasteiger partial charge in [-0.1, -0.05) is 12.1 Å². The first-order valence-electron chi connectivity index (χ1n) is 5.52. The summed E-state index contributed by atoms with van der Waals surface area (Å²) in [6.45, 7) is 0.341. The van der Waals surface area contributed by atoms with E-state index in [0.29, 0.717) is 12.4 Å². The molecular formula is C12H14N4O2. The second-order valence-electron chi connectivity index (χ2n) is 3.98. The molecule has 0 bridgehead atoms. The second-order valence-corrected chi connectivity index (χ2v) is 3.98. The summed E-state index contributed by atoms with van der Waals surface area (Å²) in [5, 5.41) is 19.6. The van der Waals surface area contributed by atoms with E-state index in [0.717, 1.165) is 5.56 Å². The standard InChI is InChI=1S/C12H14N4O2/c1-16-8-14-15-11(16)7-13-12(18)6-9-3-2-4-10(17)5-9/h2-5,8,17H,6-7H2,1H3,(H,13,18). The molecule has 0 atom stereocenters. The number of aromatic hydroxyl groups is 1. The summed E-state index contributed by atoms with van der Waals surface area (Å²) in [5.74, 6) is 0.733. The molecule has 1 amide bonds. The lowest BCUT2D eigenvalue weighted by atomic mass is 10.1. The van der Waals surface area contributed by atoms with Crippen LogP contribution in [-0.2, 0) is 24.8 Å². The molecule has 0 aliphatic rings. The lowest BCUT2D eigenvalue weighted by Gasteiger charge is -2.05. The van der Waals surface area contributed by atoms with Crippen molar-refractivity contribution >= 4 is 5.91 Å². The van der Waals surface area contributed by atoms with Gasteiger partial charge in [-0.3, -0.25) is 4.79 Å². The Morgan fingerprint density at radius 3 is 3.00 bits per heavy atom. The first kappa shape index (κ1) is 12.1. The first-order valence-corrected chi connectivity index (χ1v) is 5.52. The lowest BCUT2D eigenvalue weighted by molar-refractivity contribution is -0.120. The Morgan fingerprint density at radius 1 is 1.50 bits per heavy atom. The summed E-state index contributed by atoms with van der Waals surface area (Å²) in [6.07, 6.45) is 1.81. The fourth-order valence-corrected chi connectivity index (χ4v) is 1.56. The van der Waals surface area contributed by atoms with Gasteiger partial charge in [-0.25, -0.2) is 0 Å². The Morgan fingerprint density at radius 2 is 2.33 bits per heavy atom. The maximum absolute atomic E-state index is 11.7. The molecule has 2 aromatic rings. The molecular weight excluding hydrogens is 232 g/mol. The highest BCUT2D eigenvalue weighted by Gasteiger charge is 2.06. The molecule has 1 heterocycles. The number of nitrogens with one attached hydrogen (secondary N) is 1. The van der Waals surface area contributed by atoms with Gasteiger partial charge in [0.25, 0.3) is 0 Å². The summed E-state index contributed by atoms with van der Waals surface area (Å²) in [6, 6.07) is 6.64. The van der Waals surface area contributed by atoms with Gasteiger partial charge in [0, 0.05) is 7.05 Å². The van der Waals surface area contributed by atoms with Crippen molar-refractivity contribution in [1.82, 2.24) is 20.1 Å². The van der Waals surface area contributed by atoms with E-state index < -0.39 is 0 Å². The van der Waals surface area contributed by atoms with Crippen molar-refractivity contribution < 1.29 is 9.90 Å². The van der Waals surface area contributed by atoms with Crippen LogP contribution in [0.1, 0.15) is 11.4 Å². The van der Waals surface area contributed by atoms with Crippen molar-refractivity contribution in [2.75, 3.05) is 0 Å². The van der Waals surface area contributed by atoms with Crippen LogP contribution >= 0.6 is 0 Å². The largest absolute Gasteiger partial charge is 0.508 e. The van der Waals surface area contributed by atoms with Crippen molar-refractivity contribution in [3.8, 4) is 5.75 Å². The van der Waals surface area contributed by atoms with Gasteiger partial charge in [-0.05, 0) is 17.7 Å². The van der Waals surface area contributed by atoms with Crippen LogP contribution in [-0.4, -0.2) is 25.8 Å². The number of nitrogens with zero attached hydrogens (tertiary/aromatic N) is 3. The monoisotopic (exact) mass is 246 g/mol. The Hall–Kier alpha value is -2.37. The van der Waals surface area contributed by atoms with Crippen LogP contribution in [0.25, 0.3) is 0 Å². The molecule has 0 aliphatic carbocycles. The predicted octanol–water partition coefficient (Wildman–Crippen LogP) is 0.380. The van der Waals surface area contributed by atoms with Gasteiger partial charge in [-0.2, -0.15) is 0 Å². The molecule has 0 spiro atoms. The zero-order chi connectivity index (χ0) is 13.0. The number of carbonyl (C=O) groups excluding carboxylic acids is 1. The number of hydrogen-bond donors (Lipinski definition) is 2. The summed E-state index contributed by atoms with van der Waals surface area (Å²) in [5.41, 5.74) is 0.769. The van der Waals surface area contributed by atoms with Crippen molar-refractivity contribution in [2.45, 2.75) is 13.0 Å². The van der Waals surface area contributed by atoms with E-state index in [1.165, 1.54) is 0 Å². The van der Waals surface area contributed by atoms with Crippen molar-refractivity contribution in [1.29, 1.82) is 0 Å². The van der Waals surface area contributed by atoms with E-state index in [4.69, 9.17) is 0 Å². The van der Waals surface area contributed by atoms with Gasteiger partial charge >= 0.3 is 0 Å². The van der Waals surface area contributed by atoms with Gasteiger partial charge in [0.1, 0.15) is 12.1 Å². The van der Waals surface area contributed by atoms with Crippen LogP contribution in [0, 0.1) is 0 Å². The third-order valence-electron chi connectivity index (χ3n) is 2.52. The number of aromatic nitrogens is 3. The van der Waals surface area contributed by atoms with Gasteiger partial charge in [0.15, 0.2) is 5.82 Å². The summed E-state index contributed by atoms with van der Waals surface area (Å²) in [4.78, 5) is 11.7. The van der Waals surface area contributed by atoms with E-state index >= 15 is 0 Å². The van der Waals surface area contributed by atoms with Gasteiger partial charge < -0.3 is 15.0 Å². The minimum atomic E-state index is -0.122. The number of phenols is 1. The molecule has 2 N–H and O–H groups in total. The number of rotatable bonds is 4. The number of benzene rings is 1. The fraction of sp³-hybridized carbons (Fsp3) is 0.250. The molecule has 94 valence electrons. The smallest absolute Gasteiger partial charge is 0.224 e. The minimum absolute atomic E-state index is 0.122. The van der Waals surface area contributed by atoms with Crippen LogP contribution < -0.4 is 5.32 Å². The molecule has 0 saturated heterocycles. The number of aryl methyl sites for hydroxylation is 1. The van der Waals surface area contributed by atoms with E-state index in [9.17, 15) is 9.90 Å². The van der Waals surface area contributed by atoms with Gasteiger partial charge in [0.05, 0.1) is 13.0 Å². The third-order valence-corrected chi connectivity index (χ3v) is 2.52.